The number of hydrogen-bond acceptors (Lipinski definition) is 4. The molecule has 2 fully saturated rings. The van der Waals surface area contributed by atoms with Gasteiger partial charge in [-0.15, -0.1) is 0 Å². The molecule has 2 heterocycles. The third-order valence-corrected chi connectivity index (χ3v) is 4.18. The van der Waals surface area contributed by atoms with Gasteiger partial charge in [0, 0.05) is 44.5 Å². The van der Waals surface area contributed by atoms with Crippen LogP contribution in [0.25, 0.3) is 0 Å². The first-order valence-electron chi connectivity index (χ1n) is 7.36. The minimum absolute atomic E-state index is 0.222. The van der Waals surface area contributed by atoms with Crippen LogP contribution in [0.1, 0.15) is 29.6 Å². The van der Waals surface area contributed by atoms with Gasteiger partial charge in [-0.25, -0.2) is 0 Å². The number of Topliss-reactive ketones (excluding diaryl/α,β-unsaturated/α-hetero) is 1. The van der Waals surface area contributed by atoms with Crippen molar-refractivity contribution < 1.29 is 14.3 Å². The molecule has 0 bridgehead atoms. The molecule has 0 atom stereocenters. The second kappa shape index (κ2) is 6.04. The van der Waals surface area contributed by atoms with Crippen molar-refractivity contribution in [3.63, 3.8) is 0 Å². The van der Waals surface area contributed by atoms with Crippen molar-refractivity contribution in [2.75, 3.05) is 32.8 Å². The van der Waals surface area contributed by atoms with Gasteiger partial charge in [-0.3, -0.25) is 4.79 Å². The van der Waals surface area contributed by atoms with Gasteiger partial charge in [0.25, 0.3) is 0 Å². The fraction of sp³-hybridized carbons (Fsp3) is 0.562. The largest absolute Gasteiger partial charge is 0.347 e. The number of rotatable bonds is 4. The summed E-state index contributed by atoms with van der Waals surface area (Å²) < 4.78 is 11.4. The molecular formula is C16H21NO3. The minimum Gasteiger partial charge on any atom is -0.347 e. The Morgan fingerprint density at radius 2 is 1.75 bits per heavy atom. The summed E-state index contributed by atoms with van der Waals surface area (Å²) in [6, 6.07) is 9.52. The Balaban J connectivity index is 1.45. The average Bonchev–Trinajstić information content (AvgIpc) is 2.96. The highest BCUT2D eigenvalue weighted by Crippen LogP contribution is 2.31. The van der Waals surface area contributed by atoms with E-state index in [1.807, 2.05) is 30.3 Å². The van der Waals surface area contributed by atoms with Crippen LogP contribution in [0.4, 0.5) is 0 Å². The predicted octanol–water partition coefficient (Wildman–Crippen LogP) is 2.10. The lowest BCUT2D eigenvalue weighted by Crippen LogP contribution is -2.45. The molecule has 2 aliphatic heterocycles. The molecule has 20 heavy (non-hydrogen) atoms. The molecule has 2 aliphatic rings. The second-order valence-electron chi connectivity index (χ2n) is 5.49. The van der Waals surface area contributed by atoms with E-state index in [0.29, 0.717) is 19.6 Å². The lowest BCUT2D eigenvalue weighted by Gasteiger charge is -2.37. The van der Waals surface area contributed by atoms with Crippen molar-refractivity contribution in [1.29, 1.82) is 0 Å². The van der Waals surface area contributed by atoms with Gasteiger partial charge < -0.3 is 14.4 Å². The number of likely N-dealkylation sites (tertiary alicyclic amines) is 1. The van der Waals surface area contributed by atoms with Gasteiger partial charge in [0.15, 0.2) is 11.6 Å². The first-order valence-corrected chi connectivity index (χ1v) is 7.36. The number of benzene rings is 1. The Bertz CT molecular complexity index is 444. The molecule has 4 nitrogen and oxygen atoms in total. The Morgan fingerprint density at radius 1 is 1.10 bits per heavy atom. The van der Waals surface area contributed by atoms with E-state index in [9.17, 15) is 4.79 Å². The molecule has 4 heteroatoms. The number of piperidine rings is 1. The molecule has 1 aromatic rings. The summed E-state index contributed by atoms with van der Waals surface area (Å²) in [7, 11) is 0. The first-order chi connectivity index (χ1) is 9.77. The van der Waals surface area contributed by atoms with E-state index in [-0.39, 0.29) is 11.6 Å². The zero-order valence-corrected chi connectivity index (χ0v) is 11.7. The van der Waals surface area contributed by atoms with Gasteiger partial charge in [0.2, 0.25) is 0 Å². The predicted molar refractivity (Wildman–Crippen MR) is 75.7 cm³/mol. The van der Waals surface area contributed by atoms with Crippen LogP contribution in [-0.2, 0) is 9.47 Å². The van der Waals surface area contributed by atoms with Crippen LogP contribution in [0, 0.1) is 0 Å². The summed E-state index contributed by atoms with van der Waals surface area (Å²) in [6.07, 6.45) is 2.40. The van der Waals surface area contributed by atoms with Crippen molar-refractivity contribution >= 4 is 5.78 Å². The molecule has 0 N–H and O–H groups in total. The minimum atomic E-state index is -0.320. The average molecular weight is 275 g/mol. The molecule has 0 unspecified atom stereocenters. The quantitative estimate of drug-likeness (QED) is 0.789. The maximum absolute atomic E-state index is 12.1. The number of carbonyl (C=O) groups excluding carboxylic acids is 1. The third kappa shape index (κ3) is 3.08. The first kappa shape index (κ1) is 13.7. The Labute approximate surface area is 119 Å². The topological polar surface area (TPSA) is 38.8 Å². The van der Waals surface area contributed by atoms with Gasteiger partial charge in [0.1, 0.15) is 0 Å². The van der Waals surface area contributed by atoms with Crippen LogP contribution in [-0.4, -0.2) is 49.3 Å². The van der Waals surface area contributed by atoms with Gasteiger partial charge >= 0.3 is 0 Å². The molecule has 0 aliphatic carbocycles. The highest BCUT2D eigenvalue weighted by atomic mass is 16.7. The molecule has 0 radical (unpaired) electrons. The SMILES string of the molecule is O=C(CCN1CCC2(CC1)OCCO2)c1ccccc1. The van der Waals surface area contributed by atoms with Gasteiger partial charge in [-0.2, -0.15) is 0 Å². The number of hydrogen-bond donors (Lipinski definition) is 0. The normalized spacial score (nSPS) is 22.2. The summed E-state index contributed by atoms with van der Waals surface area (Å²) >= 11 is 0. The number of ketones is 1. The molecule has 2 saturated heterocycles. The Kier molecular flexibility index (Phi) is 4.15. The molecule has 0 saturated carbocycles. The maximum Gasteiger partial charge on any atom is 0.170 e. The Hall–Kier alpha value is -1.23. The summed E-state index contributed by atoms with van der Waals surface area (Å²) in [5, 5.41) is 0. The summed E-state index contributed by atoms with van der Waals surface area (Å²) in [5.41, 5.74) is 0.809. The molecule has 108 valence electrons. The van der Waals surface area contributed by atoms with Crippen molar-refractivity contribution in [3.05, 3.63) is 35.9 Å². The molecule has 0 aromatic heterocycles. The van der Waals surface area contributed by atoms with Gasteiger partial charge in [0.05, 0.1) is 13.2 Å². The van der Waals surface area contributed by atoms with Crippen LogP contribution in [0.5, 0.6) is 0 Å². The lowest BCUT2D eigenvalue weighted by molar-refractivity contribution is -0.185. The van der Waals surface area contributed by atoms with Crippen LogP contribution in [0.15, 0.2) is 30.3 Å². The van der Waals surface area contributed by atoms with Crippen molar-refractivity contribution in [2.45, 2.75) is 25.0 Å². The van der Waals surface area contributed by atoms with E-state index >= 15 is 0 Å². The summed E-state index contributed by atoms with van der Waals surface area (Å²) in [5.74, 6) is -0.0980. The van der Waals surface area contributed by atoms with E-state index in [1.54, 1.807) is 0 Å². The summed E-state index contributed by atoms with van der Waals surface area (Å²) in [4.78, 5) is 14.4. The van der Waals surface area contributed by atoms with E-state index in [2.05, 4.69) is 4.90 Å². The fourth-order valence-corrected chi connectivity index (χ4v) is 2.93. The molecular weight excluding hydrogens is 254 g/mol. The monoisotopic (exact) mass is 275 g/mol. The van der Waals surface area contributed by atoms with E-state index in [1.165, 1.54) is 0 Å². The van der Waals surface area contributed by atoms with Gasteiger partial charge in [-0.1, -0.05) is 30.3 Å². The molecule has 3 rings (SSSR count). The summed E-state index contributed by atoms with van der Waals surface area (Å²) in [6.45, 7) is 4.15. The fourth-order valence-electron chi connectivity index (χ4n) is 2.93. The van der Waals surface area contributed by atoms with Crippen LogP contribution in [0.2, 0.25) is 0 Å². The highest BCUT2D eigenvalue weighted by molar-refractivity contribution is 5.96. The van der Waals surface area contributed by atoms with Gasteiger partial charge in [-0.05, 0) is 0 Å². The molecule has 1 spiro atoms. The van der Waals surface area contributed by atoms with E-state index in [0.717, 1.165) is 38.0 Å². The highest BCUT2D eigenvalue weighted by Gasteiger charge is 2.39. The van der Waals surface area contributed by atoms with Crippen molar-refractivity contribution in [2.24, 2.45) is 0 Å². The van der Waals surface area contributed by atoms with Crippen LogP contribution < -0.4 is 0 Å². The molecule has 1 aromatic carbocycles. The van der Waals surface area contributed by atoms with Crippen LogP contribution in [0.3, 0.4) is 0 Å². The van der Waals surface area contributed by atoms with Crippen molar-refractivity contribution in [3.8, 4) is 0 Å². The van der Waals surface area contributed by atoms with E-state index < -0.39 is 0 Å². The third-order valence-electron chi connectivity index (χ3n) is 4.18. The zero-order valence-electron chi connectivity index (χ0n) is 11.7. The second-order valence-corrected chi connectivity index (χ2v) is 5.49. The van der Waals surface area contributed by atoms with E-state index in [4.69, 9.17) is 9.47 Å². The number of nitrogens with zero attached hydrogens (tertiary/aromatic N) is 1. The lowest BCUT2D eigenvalue weighted by atomic mass is 10.0. The van der Waals surface area contributed by atoms with Crippen LogP contribution >= 0.6 is 0 Å². The van der Waals surface area contributed by atoms with Crippen molar-refractivity contribution in [1.82, 2.24) is 4.90 Å². The zero-order chi connectivity index (χ0) is 13.8. The number of carbonyl (C=O) groups is 1. The number of ether oxygens (including phenoxy) is 2. The smallest absolute Gasteiger partial charge is 0.170 e. The standard InChI is InChI=1S/C16H21NO3/c18-15(14-4-2-1-3-5-14)6-9-17-10-7-16(8-11-17)19-12-13-20-16/h1-5H,6-13H2. The maximum atomic E-state index is 12.1. The molecule has 0 amide bonds. The Morgan fingerprint density at radius 3 is 2.40 bits per heavy atom.